The van der Waals surface area contributed by atoms with E-state index in [2.05, 4.69) is 31.9 Å². The molecular weight excluding hydrogens is 410 g/mol. The van der Waals surface area contributed by atoms with E-state index in [4.69, 9.17) is 9.47 Å². The van der Waals surface area contributed by atoms with E-state index in [1.165, 1.54) is 24.3 Å². The molecule has 0 bridgehead atoms. The maximum atomic E-state index is 13.2. The number of benzene rings is 2. The number of hydrogen-bond donors (Lipinski definition) is 0. The lowest BCUT2D eigenvalue weighted by Crippen LogP contribution is -2.08. The largest absolute Gasteiger partial charge is 0.456 e. The van der Waals surface area contributed by atoms with Crippen molar-refractivity contribution in [3.05, 3.63) is 56.0 Å². The van der Waals surface area contributed by atoms with E-state index in [1.807, 2.05) is 0 Å². The molecule has 2 rings (SSSR count). The summed E-state index contributed by atoms with van der Waals surface area (Å²) in [6.07, 6.45) is 0. The molecule has 0 amide bonds. The van der Waals surface area contributed by atoms with Gasteiger partial charge >= 0.3 is 0 Å². The van der Waals surface area contributed by atoms with Crippen molar-refractivity contribution >= 4 is 31.9 Å². The van der Waals surface area contributed by atoms with Crippen LogP contribution in [-0.2, 0) is 0 Å². The van der Waals surface area contributed by atoms with Crippen molar-refractivity contribution in [3.8, 4) is 11.5 Å². The smallest absolute Gasteiger partial charge is 0.231 e. The number of rotatable bonds is 4. The maximum Gasteiger partial charge on any atom is 0.231 e. The molecule has 0 aliphatic carbocycles. The zero-order chi connectivity index (χ0) is 15.6. The van der Waals surface area contributed by atoms with Gasteiger partial charge in [0, 0.05) is 0 Å². The van der Waals surface area contributed by atoms with Gasteiger partial charge in [-0.2, -0.15) is 0 Å². The van der Waals surface area contributed by atoms with Crippen LogP contribution in [0.15, 0.2) is 33.2 Å². The quantitative estimate of drug-likeness (QED) is 0.605. The van der Waals surface area contributed by atoms with Gasteiger partial charge in [0.1, 0.15) is 23.1 Å². The van der Waals surface area contributed by atoms with Crippen molar-refractivity contribution in [2.75, 3.05) is 6.79 Å². The van der Waals surface area contributed by atoms with Crippen LogP contribution in [0.4, 0.5) is 8.78 Å². The summed E-state index contributed by atoms with van der Waals surface area (Å²) in [7, 11) is 0. The van der Waals surface area contributed by atoms with Gasteiger partial charge in [-0.3, -0.25) is 0 Å². The lowest BCUT2D eigenvalue weighted by atomic mass is 10.2. The Hall–Kier alpha value is -1.14. The Balaban J connectivity index is 2.09. The number of hydrogen-bond acceptors (Lipinski definition) is 2. The average Bonchev–Trinajstić information content (AvgIpc) is 2.34. The van der Waals surface area contributed by atoms with Gasteiger partial charge in [-0.1, -0.05) is 0 Å². The van der Waals surface area contributed by atoms with Gasteiger partial charge in [0.2, 0.25) is 6.79 Å². The first kappa shape index (κ1) is 16.2. The molecule has 0 saturated carbocycles. The molecule has 2 aromatic rings. The molecule has 0 atom stereocenters. The summed E-state index contributed by atoms with van der Waals surface area (Å²) in [5.41, 5.74) is 1.31. The fourth-order valence-electron chi connectivity index (χ4n) is 1.89. The van der Waals surface area contributed by atoms with Crippen LogP contribution in [0.1, 0.15) is 11.1 Å². The van der Waals surface area contributed by atoms with Gasteiger partial charge < -0.3 is 9.47 Å². The third-order valence-corrected chi connectivity index (χ3v) is 3.97. The normalized spacial score (nSPS) is 10.6. The third kappa shape index (κ3) is 3.95. The minimum absolute atomic E-state index is 0.0733. The predicted molar refractivity (Wildman–Crippen MR) is 83.8 cm³/mol. The minimum Gasteiger partial charge on any atom is -0.456 e. The SMILES string of the molecule is Cc1cc(F)cc(Br)c1OCOc1c(C)cc(F)cc1Br. The summed E-state index contributed by atoms with van der Waals surface area (Å²) < 4.78 is 38.4. The van der Waals surface area contributed by atoms with Gasteiger partial charge in [-0.15, -0.1) is 0 Å². The first-order chi connectivity index (χ1) is 9.88. The highest BCUT2D eigenvalue weighted by molar-refractivity contribution is 9.10. The van der Waals surface area contributed by atoms with Crippen molar-refractivity contribution in [1.82, 2.24) is 0 Å². The van der Waals surface area contributed by atoms with E-state index in [9.17, 15) is 8.78 Å². The second-order valence-electron chi connectivity index (χ2n) is 4.47. The summed E-state index contributed by atoms with van der Waals surface area (Å²) in [5.74, 6) is 0.328. The first-order valence-electron chi connectivity index (χ1n) is 6.05. The molecule has 0 spiro atoms. The van der Waals surface area contributed by atoms with Gasteiger partial charge in [0.05, 0.1) is 8.95 Å². The zero-order valence-corrected chi connectivity index (χ0v) is 14.5. The third-order valence-electron chi connectivity index (χ3n) is 2.79. The Labute approximate surface area is 138 Å². The minimum atomic E-state index is -0.343. The summed E-state index contributed by atoms with van der Waals surface area (Å²) in [5, 5.41) is 0. The molecule has 0 saturated heterocycles. The Kier molecular flexibility index (Phi) is 5.22. The fraction of sp³-hybridized carbons (Fsp3) is 0.200. The fourth-order valence-corrected chi connectivity index (χ4v) is 3.18. The van der Waals surface area contributed by atoms with E-state index in [-0.39, 0.29) is 18.4 Å². The van der Waals surface area contributed by atoms with E-state index in [0.717, 1.165) is 0 Å². The van der Waals surface area contributed by atoms with E-state index < -0.39 is 0 Å². The molecule has 0 radical (unpaired) electrons. The van der Waals surface area contributed by atoms with Crippen molar-refractivity contribution in [3.63, 3.8) is 0 Å². The van der Waals surface area contributed by atoms with Crippen LogP contribution in [0.2, 0.25) is 0 Å². The molecule has 0 heterocycles. The highest BCUT2D eigenvalue weighted by Crippen LogP contribution is 2.32. The second kappa shape index (κ2) is 6.75. The lowest BCUT2D eigenvalue weighted by molar-refractivity contribution is 0.116. The number of ether oxygens (including phenoxy) is 2. The van der Waals surface area contributed by atoms with Crippen LogP contribution in [0, 0.1) is 25.5 Å². The number of halogens is 4. The van der Waals surface area contributed by atoms with Gasteiger partial charge in [0.15, 0.2) is 0 Å². The molecule has 0 unspecified atom stereocenters. The van der Waals surface area contributed by atoms with E-state index in [0.29, 0.717) is 31.6 Å². The molecule has 2 nitrogen and oxygen atoms in total. The monoisotopic (exact) mass is 420 g/mol. The lowest BCUT2D eigenvalue weighted by Gasteiger charge is -2.14. The number of aryl methyl sites for hydroxylation is 2. The molecule has 0 N–H and O–H groups in total. The highest BCUT2D eigenvalue weighted by Gasteiger charge is 2.11. The van der Waals surface area contributed by atoms with Gasteiger partial charge in [0.25, 0.3) is 0 Å². The Bertz CT molecular complexity index is 571. The molecule has 2 aromatic carbocycles. The van der Waals surface area contributed by atoms with Gasteiger partial charge in [-0.05, 0) is 81.1 Å². The maximum absolute atomic E-state index is 13.2. The second-order valence-corrected chi connectivity index (χ2v) is 6.18. The van der Waals surface area contributed by atoms with Crippen molar-refractivity contribution in [2.45, 2.75) is 13.8 Å². The predicted octanol–water partition coefficient (Wildman–Crippen LogP) is 5.52. The molecule has 0 aliphatic heterocycles. The van der Waals surface area contributed by atoms with E-state index in [1.54, 1.807) is 13.8 Å². The summed E-state index contributed by atoms with van der Waals surface area (Å²) in [6.45, 7) is 3.40. The Morgan fingerprint density at radius 3 is 1.52 bits per heavy atom. The van der Waals surface area contributed by atoms with Crippen molar-refractivity contribution < 1.29 is 18.3 Å². The Morgan fingerprint density at radius 2 is 1.19 bits per heavy atom. The van der Waals surface area contributed by atoms with Crippen LogP contribution in [0.3, 0.4) is 0 Å². The molecule has 112 valence electrons. The van der Waals surface area contributed by atoms with Crippen LogP contribution in [-0.4, -0.2) is 6.79 Å². The standard InChI is InChI=1S/C15H12Br2F2O2/c1-8-3-10(18)5-12(16)14(8)20-7-21-15-9(2)4-11(19)6-13(15)17/h3-6H,7H2,1-2H3. The molecule has 0 aliphatic rings. The Morgan fingerprint density at radius 1 is 0.810 bits per heavy atom. The molecule has 0 fully saturated rings. The van der Waals surface area contributed by atoms with Gasteiger partial charge in [-0.25, -0.2) is 8.78 Å². The first-order valence-corrected chi connectivity index (χ1v) is 7.64. The molecule has 0 aromatic heterocycles. The van der Waals surface area contributed by atoms with Crippen LogP contribution >= 0.6 is 31.9 Å². The zero-order valence-electron chi connectivity index (χ0n) is 11.3. The highest BCUT2D eigenvalue weighted by atomic mass is 79.9. The van der Waals surface area contributed by atoms with E-state index >= 15 is 0 Å². The molecule has 21 heavy (non-hydrogen) atoms. The van der Waals surface area contributed by atoms with Crippen molar-refractivity contribution in [2.24, 2.45) is 0 Å². The molecule has 6 heteroatoms. The summed E-state index contributed by atoms with van der Waals surface area (Å²) in [6, 6.07) is 5.39. The summed E-state index contributed by atoms with van der Waals surface area (Å²) in [4.78, 5) is 0. The van der Waals surface area contributed by atoms with Crippen molar-refractivity contribution in [1.29, 1.82) is 0 Å². The van der Waals surface area contributed by atoms with Crippen LogP contribution in [0.5, 0.6) is 11.5 Å². The summed E-state index contributed by atoms with van der Waals surface area (Å²) >= 11 is 6.49. The molecular formula is C15H12Br2F2O2. The average molecular weight is 422 g/mol. The topological polar surface area (TPSA) is 18.5 Å². The van der Waals surface area contributed by atoms with Crippen LogP contribution in [0.25, 0.3) is 0 Å². The van der Waals surface area contributed by atoms with Crippen LogP contribution < -0.4 is 9.47 Å².